The summed E-state index contributed by atoms with van der Waals surface area (Å²) in [5.41, 5.74) is 0. The van der Waals surface area contributed by atoms with Gasteiger partial charge in [-0.2, -0.15) is 0 Å². The quantitative estimate of drug-likeness (QED) is 0.725. The summed E-state index contributed by atoms with van der Waals surface area (Å²) < 4.78 is 24.8. The number of hydrogen-bond acceptors (Lipinski definition) is 3. The molecule has 1 atom stereocenters. The standard InChI is InChI=1S/C9H19NO3S/c1-9(2,3)14(12,13)10-6-8(11)7-4-5-7/h7-8,10-11H,4-6H2,1-3H3. The van der Waals surface area contributed by atoms with Crippen LogP contribution in [0, 0.1) is 5.92 Å². The monoisotopic (exact) mass is 221 g/mol. The molecule has 4 nitrogen and oxygen atoms in total. The molecule has 0 amide bonds. The molecular weight excluding hydrogens is 202 g/mol. The molecule has 0 aromatic rings. The van der Waals surface area contributed by atoms with Crippen LogP contribution in [-0.2, 0) is 10.0 Å². The van der Waals surface area contributed by atoms with Crippen LogP contribution in [0.3, 0.4) is 0 Å². The lowest BCUT2D eigenvalue weighted by atomic mass is 10.2. The molecule has 1 unspecified atom stereocenters. The van der Waals surface area contributed by atoms with Gasteiger partial charge in [0.1, 0.15) is 0 Å². The highest BCUT2D eigenvalue weighted by atomic mass is 32.2. The third kappa shape index (κ3) is 2.93. The number of aliphatic hydroxyl groups is 1. The Morgan fingerprint density at radius 3 is 2.29 bits per heavy atom. The van der Waals surface area contributed by atoms with Crippen molar-refractivity contribution in [3.8, 4) is 0 Å². The third-order valence-corrected chi connectivity index (χ3v) is 4.61. The number of hydrogen-bond donors (Lipinski definition) is 2. The molecule has 0 aromatic carbocycles. The smallest absolute Gasteiger partial charge is 0.216 e. The molecule has 5 heteroatoms. The first-order chi connectivity index (χ1) is 6.24. The van der Waals surface area contributed by atoms with Crippen LogP contribution in [0.1, 0.15) is 33.6 Å². The maximum Gasteiger partial charge on any atom is 0.216 e. The van der Waals surface area contributed by atoms with E-state index in [4.69, 9.17) is 0 Å². The Labute approximate surface area is 85.8 Å². The molecule has 0 spiro atoms. The Kier molecular flexibility index (Phi) is 3.23. The molecule has 0 radical (unpaired) electrons. The molecule has 2 N–H and O–H groups in total. The van der Waals surface area contributed by atoms with Crippen molar-refractivity contribution < 1.29 is 13.5 Å². The minimum absolute atomic E-state index is 0.143. The van der Waals surface area contributed by atoms with Crippen molar-refractivity contribution in [2.45, 2.75) is 44.5 Å². The van der Waals surface area contributed by atoms with Gasteiger partial charge in [-0.05, 0) is 39.5 Å². The molecule has 1 rings (SSSR count). The van der Waals surface area contributed by atoms with Crippen molar-refractivity contribution >= 4 is 10.0 Å². The lowest BCUT2D eigenvalue weighted by Gasteiger charge is -2.21. The van der Waals surface area contributed by atoms with E-state index >= 15 is 0 Å². The van der Waals surface area contributed by atoms with E-state index in [1.54, 1.807) is 20.8 Å². The minimum Gasteiger partial charge on any atom is -0.391 e. The largest absolute Gasteiger partial charge is 0.391 e. The van der Waals surface area contributed by atoms with Crippen molar-refractivity contribution in [1.29, 1.82) is 0 Å². The average molecular weight is 221 g/mol. The second kappa shape index (κ2) is 3.79. The molecule has 1 saturated carbocycles. The maximum absolute atomic E-state index is 11.6. The van der Waals surface area contributed by atoms with E-state index in [-0.39, 0.29) is 6.54 Å². The van der Waals surface area contributed by atoms with Gasteiger partial charge in [0.15, 0.2) is 0 Å². The number of nitrogens with one attached hydrogen (secondary N) is 1. The molecule has 0 aliphatic heterocycles. The fourth-order valence-corrected chi connectivity index (χ4v) is 1.88. The summed E-state index contributed by atoms with van der Waals surface area (Å²) in [6, 6.07) is 0. The van der Waals surface area contributed by atoms with E-state index in [1.807, 2.05) is 0 Å². The molecule has 0 bridgehead atoms. The molecule has 0 saturated heterocycles. The van der Waals surface area contributed by atoms with Gasteiger partial charge in [0, 0.05) is 6.54 Å². The molecule has 0 aromatic heterocycles. The highest BCUT2D eigenvalue weighted by molar-refractivity contribution is 7.90. The molecule has 0 heterocycles. The molecule has 1 aliphatic carbocycles. The SMILES string of the molecule is CC(C)(C)S(=O)(=O)NCC(O)C1CC1. The van der Waals surface area contributed by atoms with Gasteiger partial charge >= 0.3 is 0 Å². The van der Waals surface area contributed by atoms with Crippen LogP contribution in [0.25, 0.3) is 0 Å². The average Bonchev–Trinajstić information content (AvgIpc) is 2.80. The molecule has 14 heavy (non-hydrogen) atoms. The first-order valence-electron chi connectivity index (χ1n) is 4.91. The highest BCUT2D eigenvalue weighted by Crippen LogP contribution is 2.32. The molecule has 1 fully saturated rings. The van der Waals surface area contributed by atoms with Gasteiger partial charge in [-0.25, -0.2) is 13.1 Å². The van der Waals surface area contributed by atoms with Crippen LogP contribution in [-0.4, -0.2) is 30.9 Å². The minimum atomic E-state index is -3.31. The van der Waals surface area contributed by atoms with Crippen LogP contribution in [0.15, 0.2) is 0 Å². The second-order valence-electron chi connectivity index (χ2n) is 4.87. The van der Waals surface area contributed by atoms with Crippen molar-refractivity contribution in [1.82, 2.24) is 4.72 Å². The Morgan fingerprint density at radius 2 is 1.93 bits per heavy atom. The van der Waals surface area contributed by atoms with Crippen molar-refractivity contribution in [2.75, 3.05) is 6.54 Å². The van der Waals surface area contributed by atoms with Crippen LogP contribution in [0.5, 0.6) is 0 Å². The van der Waals surface area contributed by atoms with E-state index in [9.17, 15) is 13.5 Å². The Hall–Kier alpha value is -0.130. The van der Waals surface area contributed by atoms with Gasteiger partial charge in [-0.3, -0.25) is 0 Å². The van der Waals surface area contributed by atoms with Gasteiger partial charge in [0.05, 0.1) is 10.9 Å². The number of rotatable bonds is 4. The maximum atomic E-state index is 11.6. The zero-order valence-corrected chi connectivity index (χ0v) is 9.76. The van der Waals surface area contributed by atoms with E-state index < -0.39 is 20.9 Å². The summed E-state index contributed by atoms with van der Waals surface area (Å²) in [5.74, 6) is 0.303. The first kappa shape index (κ1) is 11.9. The molecule has 84 valence electrons. The van der Waals surface area contributed by atoms with E-state index in [0.717, 1.165) is 12.8 Å². The lowest BCUT2D eigenvalue weighted by Crippen LogP contribution is -2.42. The van der Waals surface area contributed by atoms with Crippen molar-refractivity contribution in [3.63, 3.8) is 0 Å². The van der Waals surface area contributed by atoms with Gasteiger partial charge in [-0.1, -0.05) is 0 Å². The summed E-state index contributed by atoms with van der Waals surface area (Å²) in [6.45, 7) is 5.06. The van der Waals surface area contributed by atoms with Crippen LogP contribution < -0.4 is 4.72 Å². The molecule has 1 aliphatic rings. The zero-order chi connectivity index (χ0) is 11.0. The highest BCUT2D eigenvalue weighted by Gasteiger charge is 2.33. The third-order valence-electron chi connectivity index (χ3n) is 2.45. The zero-order valence-electron chi connectivity index (χ0n) is 8.95. The van der Waals surface area contributed by atoms with Gasteiger partial charge < -0.3 is 5.11 Å². The summed E-state index contributed by atoms with van der Waals surface area (Å²) in [6.07, 6.45) is 1.50. The Bertz CT molecular complexity index is 288. The van der Waals surface area contributed by atoms with E-state index in [2.05, 4.69) is 4.72 Å². The van der Waals surface area contributed by atoms with Gasteiger partial charge in [0.2, 0.25) is 10.0 Å². The fraction of sp³-hybridized carbons (Fsp3) is 1.00. The predicted octanol–water partition coefficient (Wildman–Crippen LogP) is 0.475. The van der Waals surface area contributed by atoms with E-state index in [0.29, 0.717) is 5.92 Å². The lowest BCUT2D eigenvalue weighted by molar-refractivity contribution is 0.155. The van der Waals surface area contributed by atoms with Crippen molar-refractivity contribution in [3.05, 3.63) is 0 Å². The van der Waals surface area contributed by atoms with Crippen LogP contribution in [0.4, 0.5) is 0 Å². The topological polar surface area (TPSA) is 66.4 Å². The number of aliphatic hydroxyl groups excluding tert-OH is 1. The van der Waals surface area contributed by atoms with Crippen molar-refractivity contribution in [2.24, 2.45) is 5.92 Å². The normalized spacial score (nSPS) is 20.9. The Morgan fingerprint density at radius 1 is 1.43 bits per heavy atom. The first-order valence-corrected chi connectivity index (χ1v) is 6.39. The van der Waals surface area contributed by atoms with Crippen LogP contribution in [0.2, 0.25) is 0 Å². The second-order valence-corrected chi connectivity index (χ2v) is 7.39. The van der Waals surface area contributed by atoms with Crippen LogP contribution >= 0.6 is 0 Å². The molecular formula is C9H19NO3S. The fourth-order valence-electron chi connectivity index (χ4n) is 1.06. The number of sulfonamides is 1. The summed E-state index contributed by atoms with van der Waals surface area (Å²) >= 11 is 0. The summed E-state index contributed by atoms with van der Waals surface area (Å²) in [7, 11) is -3.31. The summed E-state index contributed by atoms with van der Waals surface area (Å²) in [4.78, 5) is 0. The Balaban J connectivity index is 2.43. The predicted molar refractivity (Wildman–Crippen MR) is 55.4 cm³/mol. The van der Waals surface area contributed by atoms with Gasteiger partial charge in [0.25, 0.3) is 0 Å². The van der Waals surface area contributed by atoms with Gasteiger partial charge in [-0.15, -0.1) is 0 Å². The summed E-state index contributed by atoms with van der Waals surface area (Å²) in [5, 5.41) is 9.49. The van der Waals surface area contributed by atoms with E-state index in [1.165, 1.54) is 0 Å².